The summed E-state index contributed by atoms with van der Waals surface area (Å²) in [6.45, 7) is 0. The maximum atomic E-state index is 12.2. The molecule has 1 N–H and O–H groups in total. The van der Waals surface area contributed by atoms with Crippen molar-refractivity contribution in [3.63, 3.8) is 0 Å². The molecule has 0 aliphatic rings. The van der Waals surface area contributed by atoms with Crippen LogP contribution in [0.2, 0.25) is 0 Å². The first-order valence-electron chi connectivity index (χ1n) is 6.18. The summed E-state index contributed by atoms with van der Waals surface area (Å²) < 4.78 is 2.05. The maximum absolute atomic E-state index is 12.2. The van der Waals surface area contributed by atoms with E-state index in [2.05, 4.69) is 5.32 Å². The van der Waals surface area contributed by atoms with E-state index < -0.39 is 17.2 Å². The van der Waals surface area contributed by atoms with Gasteiger partial charge < -0.3 is 9.88 Å². The van der Waals surface area contributed by atoms with Gasteiger partial charge in [0.1, 0.15) is 11.0 Å². The Hall–Kier alpha value is -2.79. The van der Waals surface area contributed by atoms with Gasteiger partial charge in [0.15, 0.2) is 0 Å². The summed E-state index contributed by atoms with van der Waals surface area (Å²) in [4.78, 5) is 36.5. The van der Waals surface area contributed by atoms with E-state index >= 15 is 0 Å². The van der Waals surface area contributed by atoms with Gasteiger partial charge in [0.2, 0.25) is 0 Å². The van der Waals surface area contributed by atoms with Crippen LogP contribution < -0.4 is 16.6 Å². The second-order valence-corrected chi connectivity index (χ2v) is 5.33. The Bertz CT molecular complexity index is 875. The molecule has 0 fully saturated rings. The number of amides is 1. The molecular weight excluding hydrogens is 304 g/mol. The number of thiocyanates is 1. The van der Waals surface area contributed by atoms with Crippen molar-refractivity contribution in [1.82, 2.24) is 9.13 Å². The lowest BCUT2D eigenvalue weighted by atomic mass is 10.2. The Morgan fingerprint density at radius 3 is 2.45 bits per heavy atom. The van der Waals surface area contributed by atoms with Crippen LogP contribution in [0.15, 0.2) is 44.9 Å². The van der Waals surface area contributed by atoms with E-state index in [0.717, 1.165) is 21.2 Å². The number of thioether (sulfide) groups is 1. The number of carbonyl (C=O) groups excluding carboxylic acids is 1. The Balaban J connectivity index is 2.28. The van der Waals surface area contributed by atoms with E-state index in [4.69, 9.17) is 5.26 Å². The molecule has 22 heavy (non-hydrogen) atoms. The van der Waals surface area contributed by atoms with E-state index in [9.17, 15) is 14.4 Å². The number of nitrogens with one attached hydrogen (secondary N) is 1. The third-order valence-corrected chi connectivity index (χ3v) is 3.57. The fraction of sp³-hybridized carbons (Fsp3) is 0.143. The molecule has 0 bridgehead atoms. The zero-order valence-corrected chi connectivity index (χ0v) is 12.7. The van der Waals surface area contributed by atoms with Gasteiger partial charge in [-0.25, -0.2) is 4.79 Å². The fourth-order valence-electron chi connectivity index (χ4n) is 1.82. The highest BCUT2D eigenvalue weighted by Gasteiger charge is 2.14. The third-order valence-electron chi connectivity index (χ3n) is 2.97. The van der Waals surface area contributed by atoms with Crippen molar-refractivity contribution in [1.29, 1.82) is 5.26 Å². The number of hydrogen-bond donors (Lipinski definition) is 1. The summed E-state index contributed by atoms with van der Waals surface area (Å²) in [5.41, 5.74) is -0.792. The molecule has 1 heterocycles. The van der Waals surface area contributed by atoms with Crippen molar-refractivity contribution in [2.45, 2.75) is 4.90 Å². The molecule has 0 aliphatic heterocycles. The number of hydrogen-bond acceptors (Lipinski definition) is 5. The zero-order valence-electron chi connectivity index (χ0n) is 11.9. The SMILES string of the molecule is Cn1cc(C(=O)Nc2ccc(SC#N)cc2)c(=O)n(C)c1=O. The lowest BCUT2D eigenvalue weighted by Crippen LogP contribution is -2.40. The minimum absolute atomic E-state index is 0.125. The summed E-state index contributed by atoms with van der Waals surface area (Å²) in [7, 11) is 2.78. The molecule has 112 valence electrons. The van der Waals surface area contributed by atoms with Crippen molar-refractivity contribution in [2.75, 3.05) is 5.32 Å². The summed E-state index contributed by atoms with van der Waals surface area (Å²) in [6.07, 6.45) is 1.21. The minimum atomic E-state index is -0.655. The van der Waals surface area contributed by atoms with E-state index in [0.29, 0.717) is 5.69 Å². The quantitative estimate of drug-likeness (QED) is 0.670. The highest BCUT2D eigenvalue weighted by atomic mass is 32.2. The van der Waals surface area contributed by atoms with Crippen molar-refractivity contribution >= 4 is 23.4 Å². The topological polar surface area (TPSA) is 96.9 Å². The molecule has 7 nitrogen and oxygen atoms in total. The lowest BCUT2D eigenvalue weighted by molar-refractivity contribution is 0.102. The Labute approximate surface area is 129 Å². The first-order chi connectivity index (χ1) is 10.4. The largest absolute Gasteiger partial charge is 0.330 e. The summed E-state index contributed by atoms with van der Waals surface area (Å²) >= 11 is 1.01. The molecule has 0 aliphatic carbocycles. The van der Waals surface area contributed by atoms with Gasteiger partial charge in [-0.1, -0.05) is 0 Å². The van der Waals surface area contributed by atoms with Crippen LogP contribution in [0.1, 0.15) is 10.4 Å². The van der Waals surface area contributed by atoms with Crippen molar-refractivity contribution in [3.05, 3.63) is 56.9 Å². The molecule has 0 atom stereocenters. The molecule has 1 aromatic carbocycles. The highest BCUT2D eigenvalue weighted by Crippen LogP contribution is 2.19. The molecule has 0 saturated carbocycles. The number of aryl methyl sites for hydroxylation is 1. The first-order valence-corrected chi connectivity index (χ1v) is 6.99. The number of nitrogens with zero attached hydrogens (tertiary/aromatic N) is 3. The van der Waals surface area contributed by atoms with Gasteiger partial charge in [-0.15, -0.1) is 0 Å². The third kappa shape index (κ3) is 3.10. The predicted octanol–water partition coefficient (Wildman–Crippen LogP) is 0.909. The van der Waals surface area contributed by atoms with Gasteiger partial charge in [-0.2, -0.15) is 5.26 Å². The Morgan fingerprint density at radius 2 is 1.86 bits per heavy atom. The first kappa shape index (κ1) is 15.6. The number of rotatable bonds is 3. The van der Waals surface area contributed by atoms with Gasteiger partial charge in [0, 0.05) is 30.9 Å². The molecule has 2 aromatic rings. The summed E-state index contributed by atoms with van der Waals surface area (Å²) in [5, 5.41) is 13.1. The monoisotopic (exact) mass is 316 g/mol. The van der Waals surface area contributed by atoms with E-state index in [1.54, 1.807) is 24.3 Å². The smallest absolute Gasteiger partial charge is 0.322 e. The van der Waals surface area contributed by atoms with Crippen molar-refractivity contribution in [3.8, 4) is 5.40 Å². The van der Waals surface area contributed by atoms with Crippen molar-refractivity contribution < 1.29 is 4.79 Å². The summed E-state index contributed by atoms with van der Waals surface area (Å²) in [5.74, 6) is -0.600. The van der Waals surface area contributed by atoms with Gasteiger partial charge in [0.25, 0.3) is 11.5 Å². The van der Waals surface area contributed by atoms with E-state index in [1.165, 1.54) is 24.9 Å². The number of benzene rings is 1. The Morgan fingerprint density at radius 1 is 1.23 bits per heavy atom. The molecule has 0 unspecified atom stereocenters. The average Bonchev–Trinajstić information content (AvgIpc) is 2.51. The van der Waals surface area contributed by atoms with Crippen LogP contribution in [0.5, 0.6) is 0 Å². The van der Waals surface area contributed by atoms with Crippen molar-refractivity contribution in [2.24, 2.45) is 14.1 Å². The van der Waals surface area contributed by atoms with Gasteiger partial charge in [-0.05, 0) is 36.0 Å². The number of aromatic nitrogens is 2. The second kappa shape index (κ2) is 6.32. The fourth-order valence-corrected chi connectivity index (χ4v) is 2.20. The molecule has 8 heteroatoms. The van der Waals surface area contributed by atoms with Gasteiger partial charge >= 0.3 is 5.69 Å². The molecule has 2 rings (SSSR count). The van der Waals surface area contributed by atoms with E-state index in [1.807, 2.05) is 5.40 Å². The Kier molecular flexibility index (Phi) is 4.48. The standard InChI is InChI=1S/C14H12N4O3S/c1-17-7-11(13(20)18(2)14(17)21)12(19)16-9-3-5-10(6-4-9)22-8-15/h3-7H,1-2H3,(H,16,19). The molecule has 0 spiro atoms. The van der Waals surface area contributed by atoms with Crippen LogP contribution in [-0.4, -0.2) is 15.0 Å². The second-order valence-electron chi connectivity index (χ2n) is 4.47. The molecule has 0 saturated heterocycles. The van der Waals surface area contributed by atoms with Crippen LogP contribution in [-0.2, 0) is 14.1 Å². The lowest BCUT2D eigenvalue weighted by Gasteiger charge is -2.08. The van der Waals surface area contributed by atoms with Gasteiger partial charge in [0.05, 0.1) is 0 Å². The summed E-state index contributed by atoms with van der Waals surface area (Å²) in [6, 6.07) is 6.62. The molecular formula is C14H12N4O3S. The highest BCUT2D eigenvalue weighted by molar-refractivity contribution is 8.03. The number of nitriles is 1. The number of anilines is 1. The van der Waals surface area contributed by atoms with Crippen LogP contribution in [0, 0.1) is 10.7 Å². The molecule has 0 radical (unpaired) electrons. The molecule has 1 amide bonds. The van der Waals surface area contributed by atoms with Crippen LogP contribution in [0.25, 0.3) is 0 Å². The van der Waals surface area contributed by atoms with Crippen LogP contribution in [0.4, 0.5) is 5.69 Å². The average molecular weight is 316 g/mol. The van der Waals surface area contributed by atoms with Gasteiger partial charge in [-0.3, -0.25) is 14.2 Å². The maximum Gasteiger partial charge on any atom is 0.330 e. The normalized spacial score (nSPS) is 10.0. The zero-order chi connectivity index (χ0) is 16.3. The van der Waals surface area contributed by atoms with Crippen LogP contribution in [0.3, 0.4) is 0 Å². The minimum Gasteiger partial charge on any atom is -0.322 e. The van der Waals surface area contributed by atoms with Crippen LogP contribution >= 0.6 is 11.8 Å². The molecule has 1 aromatic heterocycles. The predicted molar refractivity (Wildman–Crippen MR) is 82.8 cm³/mol. The number of carbonyl (C=O) groups is 1. The van der Waals surface area contributed by atoms with E-state index in [-0.39, 0.29) is 5.56 Å².